The largest absolute Gasteiger partial charge is 0.462 e. The van der Waals surface area contributed by atoms with E-state index in [1.165, 1.54) is 13.0 Å². The SMILES string of the molecule is C=CCN/C=C(/C(=O)OCC)C(=O)c1c(F)c(C)c(F)c(F)c1[N+](=O)[O-]. The molecule has 0 amide bonds. The van der Waals surface area contributed by atoms with Crippen LogP contribution in [0.3, 0.4) is 0 Å². The maximum atomic E-state index is 14.4. The summed E-state index contributed by atoms with van der Waals surface area (Å²) in [5.74, 6) is -8.17. The van der Waals surface area contributed by atoms with E-state index in [0.717, 1.165) is 13.1 Å². The highest BCUT2D eigenvalue weighted by Gasteiger charge is 2.37. The summed E-state index contributed by atoms with van der Waals surface area (Å²) in [6, 6.07) is 0. The fourth-order valence-electron chi connectivity index (χ4n) is 1.95. The van der Waals surface area contributed by atoms with Gasteiger partial charge in [-0.2, -0.15) is 4.39 Å². The zero-order chi connectivity index (χ0) is 20.0. The number of benzene rings is 1. The molecular weight excluding hydrogens is 357 g/mol. The predicted molar refractivity (Wildman–Crippen MR) is 85.0 cm³/mol. The van der Waals surface area contributed by atoms with Crippen molar-refractivity contribution in [3.63, 3.8) is 0 Å². The first kappa shape index (κ1) is 20.9. The molecule has 140 valence electrons. The highest BCUT2D eigenvalue weighted by atomic mass is 19.2. The molecule has 0 aliphatic carbocycles. The molecule has 1 aromatic rings. The fraction of sp³-hybridized carbons (Fsp3) is 0.250. The number of hydrogen-bond donors (Lipinski definition) is 1. The van der Waals surface area contributed by atoms with E-state index in [1.807, 2.05) is 0 Å². The van der Waals surface area contributed by atoms with Crippen LogP contribution in [0.1, 0.15) is 22.8 Å². The van der Waals surface area contributed by atoms with Gasteiger partial charge in [-0.1, -0.05) is 6.08 Å². The van der Waals surface area contributed by atoms with Gasteiger partial charge in [0, 0.05) is 18.3 Å². The van der Waals surface area contributed by atoms with Crippen molar-refractivity contribution < 1.29 is 32.4 Å². The summed E-state index contributed by atoms with van der Waals surface area (Å²) >= 11 is 0. The lowest BCUT2D eigenvalue weighted by molar-refractivity contribution is -0.388. The molecule has 0 aromatic heterocycles. The monoisotopic (exact) mass is 372 g/mol. The number of carbonyl (C=O) groups excluding carboxylic acids is 2. The molecule has 0 fully saturated rings. The van der Waals surface area contributed by atoms with Crippen molar-refractivity contribution in [3.8, 4) is 0 Å². The van der Waals surface area contributed by atoms with E-state index in [4.69, 9.17) is 0 Å². The molecule has 0 heterocycles. The van der Waals surface area contributed by atoms with Crippen LogP contribution in [0.25, 0.3) is 0 Å². The normalized spacial score (nSPS) is 11.0. The Labute approximate surface area is 146 Å². The molecule has 1 N–H and O–H groups in total. The first-order valence-electron chi connectivity index (χ1n) is 7.26. The van der Waals surface area contributed by atoms with E-state index in [1.54, 1.807) is 0 Å². The van der Waals surface area contributed by atoms with E-state index >= 15 is 0 Å². The maximum absolute atomic E-state index is 14.4. The number of Topliss-reactive ketones (excluding diaryl/α,β-unsaturated/α-hetero) is 1. The molecule has 10 heteroatoms. The highest BCUT2D eigenvalue weighted by Crippen LogP contribution is 2.32. The van der Waals surface area contributed by atoms with Crippen molar-refractivity contribution in [2.45, 2.75) is 13.8 Å². The van der Waals surface area contributed by atoms with Crippen LogP contribution in [0.15, 0.2) is 24.4 Å². The molecule has 0 unspecified atom stereocenters. The minimum atomic E-state index is -2.00. The number of carbonyl (C=O) groups is 2. The Kier molecular flexibility index (Phi) is 7.06. The van der Waals surface area contributed by atoms with Gasteiger partial charge in [0.25, 0.3) is 0 Å². The smallest absolute Gasteiger partial charge is 0.343 e. The Bertz CT molecular complexity index is 806. The average molecular weight is 372 g/mol. The first-order chi connectivity index (χ1) is 12.2. The summed E-state index contributed by atoms with van der Waals surface area (Å²) in [4.78, 5) is 34.1. The average Bonchev–Trinajstić information content (AvgIpc) is 2.59. The molecule has 1 aromatic carbocycles. The molecule has 0 atom stereocenters. The standard InChI is InChI=1S/C16H15F3N2O5/c1-4-6-20-7-9(16(23)26-5-2)15(22)10-11(17)8(3)12(18)13(19)14(10)21(24)25/h4,7,20H,1,5-6H2,2-3H3/b9-7+. The third-order valence-corrected chi connectivity index (χ3v) is 3.17. The van der Waals surface area contributed by atoms with Gasteiger partial charge in [0.05, 0.1) is 11.5 Å². The number of rotatable bonds is 8. The van der Waals surface area contributed by atoms with Crippen molar-refractivity contribution in [1.82, 2.24) is 5.32 Å². The summed E-state index contributed by atoms with van der Waals surface area (Å²) in [7, 11) is 0. The van der Waals surface area contributed by atoms with Gasteiger partial charge in [-0.25, -0.2) is 13.6 Å². The fourth-order valence-corrected chi connectivity index (χ4v) is 1.95. The number of nitrogens with one attached hydrogen (secondary N) is 1. The van der Waals surface area contributed by atoms with Crippen LogP contribution in [0, 0.1) is 34.5 Å². The predicted octanol–water partition coefficient (Wildman–Crippen LogP) is 2.73. The third-order valence-electron chi connectivity index (χ3n) is 3.17. The Morgan fingerprint density at radius 1 is 1.27 bits per heavy atom. The number of ketones is 1. The topological polar surface area (TPSA) is 98.5 Å². The lowest BCUT2D eigenvalue weighted by Gasteiger charge is -2.11. The van der Waals surface area contributed by atoms with Crippen LogP contribution in [-0.4, -0.2) is 29.8 Å². The number of esters is 1. The second kappa shape index (κ2) is 8.79. The van der Waals surface area contributed by atoms with Gasteiger partial charge < -0.3 is 10.1 Å². The summed E-state index contributed by atoms with van der Waals surface area (Å²) in [6.07, 6.45) is 2.20. The number of nitrogens with zero attached hydrogens (tertiary/aromatic N) is 1. The van der Waals surface area contributed by atoms with Gasteiger partial charge in [0.1, 0.15) is 17.0 Å². The van der Waals surface area contributed by atoms with Gasteiger partial charge in [-0.05, 0) is 13.8 Å². The minimum Gasteiger partial charge on any atom is -0.462 e. The molecule has 0 saturated carbocycles. The van der Waals surface area contributed by atoms with Crippen molar-refractivity contribution in [1.29, 1.82) is 0 Å². The molecule has 0 spiro atoms. The summed E-state index contributed by atoms with van der Waals surface area (Å²) in [5, 5.41) is 13.5. The van der Waals surface area contributed by atoms with Gasteiger partial charge in [-0.3, -0.25) is 14.9 Å². The second-order valence-corrected chi connectivity index (χ2v) is 4.85. The summed E-state index contributed by atoms with van der Waals surface area (Å²) in [6.45, 7) is 5.58. The quantitative estimate of drug-likeness (QED) is 0.0720. The van der Waals surface area contributed by atoms with Gasteiger partial charge >= 0.3 is 11.7 Å². The van der Waals surface area contributed by atoms with E-state index < -0.39 is 56.5 Å². The zero-order valence-electron chi connectivity index (χ0n) is 13.9. The van der Waals surface area contributed by atoms with Crippen molar-refractivity contribution in [2.75, 3.05) is 13.2 Å². The Hall–Kier alpha value is -3.17. The van der Waals surface area contributed by atoms with E-state index in [9.17, 15) is 32.9 Å². The number of ether oxygens (including phenoxy) is 1. The maximum Gasteiger partial charge on any atom is 0.343 e. The van der Waals surface area contributed by atoms with Crippen LogP contribution in [0.4, 0.5) is 18.9 Å². The zero-order valence-corrected chi connectivity index (χ0v) is 13.9. The Morgan fingerprint density at radius 2 is 1.88 bits per heavy atom. The number of halogens is 3. The van der Waals surface area contributed by atoms with Gasteiger partial charge in [0.15, 0.2) is 5.82 Å². The lowest BCUT2D eigenvalue weighted by atomic mass is 9.98. The van der Waals surface area contributed by atoms with Crippen molar-refractivity contribution >= 4 is 17.4 Å². The van der Waals surface area contributed by atoms with E-state index in [0.29, 0.717) is 0 Å². The van der Waals surface area contributed by atoms with Crippen LogP contribution in [0.5, 0.6) is 0 Å². The summed E-state index contributed by atoms with van der Waals surface area (Å²) in [5.41, 5.74) is -4.82. The second-order valence-electron chi connectivity index (χ2n) is 4.85. The Balaban J connectivity index is 3.66. The number of nitro groups is 1. The molecule has 0 saturated heterocycles. The van der Waals surface area contributed by atoms with Crippen LogP contribution >= 0.6 is 0 Å². The summed E-state index contributed by atoms with van der Waals surface area (Å²) < 4.78 is 46.6. The molecule has 7 nitrogen and oxygen atoms in total. The lowest BCUT2D eigenvalue weighted by Crippen LogP contribution is -2.22. The third kappa shape index (κ3) is 4.08. The van der Waals surface area contributed by atoms with E-state index in [2.05, 4.69) is 16.6 Å². The minimum absolute atomic E-state index is 0.0948. The van der Waals surface area contributed by atoms with Crippen LogP contribution in [-0.2, 0) is 9.53 Å². The van der Waals surface area contributed by atoms with Crippen LogP contribution in [0.2, 0.25) is 0 Å². The van der Waals surface area contributed by atoms with Gasteiger partial charge in [-0.15, -0.1) is 6.58 Å². The molecule has 0 aliphatic heterocycles. The Morgan fingerprint density at radius 3 is 2.38 bits per heavy atom. The molecule has 0 radical (unpaired) electrons. The molecular formula is C16H15F3N2O5. The van der Waals surface area contributed by atoms with Gasteiger partial charge in [0.2, 0.25) is 11.6 Å². The molecule has 26 heavy (non-hydrogen) atoms. The van der Waals surface area contributed by atoms with Crippen molar-refractivity contribution in [2.24, 2.45) is 0 Å². The molecule has 0 bridgehead atoms. The highest BCUT2D eigenvalue weighted by molar-refractivity contribution is 6.25. The molecule has 1 rings (SSSR count). The molecule has 0 aliphatic rings. The first-order valence-corrected chi connectivity index (χ1v) is 7.26. The van der Waals surface area contributed by atoms with Crippen molar-refractivity contribution in [3.05, 3.63) is 63.1 Å². The number of nitro benzene ring substituents is 1. The van der Waals surface area contributed by atoms with Crippen LogP contribution < -0.4 is 5.32 Å². The van der Waals surface area contributed by atoms with E-state index in [-0.39, 0.29) is 13.2 Å². The number of hydrogen-bond acceptors (Lipinski definition) is 6.